The Hall–Kier alpha value is -0.660. The Bertz CT molecular complexity index is 115. The Labute approximate surface area is 55.7 Å². The third kappa shape index (κ3) is 1.96. The number of hydrogen-bond donors (Lipinski definition) is 0. The van der Waals surface area contributed by atoms with E-state index in [-0.39, 0.29) is 0 Å². The van der Waals surface area contributed by atoms with E-state index in [1.165, 1.54) is 12.8 Å². The second-order valence-corrected chi connectivity index (χ2v) is 2.27. The SMILES string of the molecule is CCCCC1C=NC=N1. The van der Waals surface area contributed by atoms with Crippen LogP contribution in [-0.2, 0) is 0 Å². The molecule has 1 rings (SSSR count). The molecule has 1 aliphatic heterocycles. The second-order valence-electron chi connectivity index (χ2n) is 2.27. The summed E-state index contributed by atoms with van der Waals surface area (Å²) in [6, 6.07) is 0.393. The zero-order valence-electron chi connectivity index (χ0n) is 5.75. The molecule has 2 heteroatoms. The van der Waals surface area contributed by atoms with Gasteiger partial charge < -0.3 is 0 Å². The van der Waals surface area contributed by atoms with E-state index < -0.39 is 0 Å². The van der Waals surface area contributed by atoms with E-state index in [1.807, 2.05) is 6.21 Å². The highest BCUT2D eigenvalue weighted by molar-refractivity contribution is 5.82. The summed E-state index contributed by atoms with van der Waals surface area (Å²) >= 11 is 0. The van der Waals surface area contributed by atoms with E-state index in [0.29, 0.717) is 6.04 Å². The molecule has 0 saturated carbocycles. The molecule has 0 aromatic rings. The molecule has 0 spiro atoms. The average molecular weight is 124 g/mol. The molecular formula is C7H12N2. The van der Waals surface area contributed by atoms with Crippen molar-refractivity contribution in [3.63, 3.8) is 0 Å². The summed E-state index contributed by atoms with van der Waals surface area (Å²) in [5.41, 5.74) is 0. The van der Waals surface area contributed by atoms with Crippen LogP contribution in [0.25, 0.3) is 0 Å². The molecular weight excluding hydrogens is 112 g/mol. The van der Waals surface area contributed by atoms with Crippen LogP contribution in [0.15, 0.2) is 9.98 Å². The maximum atomic E-state index is 4.13. The summed E-state index contributed by atoms with van der Waals surface area (Å²) in [6.07, 6.45) is 7.22. The molecule has 1 heterocycles. The molecule has 0 N–H and O–H groups in total. The maximum Gasteiger partial charge on any atom is 0.110 e. The van der Waals surface area contributed by atoms with E-state index in [0.717, 1.165) is 6.42 Å². The molecule has 1 aliphatic rings. The van der Waals surface area contributed by atoms with Gasteiger partial charge in [-0.1, -0.05) is 19.8 Å². The number of nitrogens with zero attached hydrogens (tertiary/aromatic N) is 2. The minimum Gasteiger partial charge on any atom is -0.264 e. The Morgan fingerprint density at radius 1 is 1.56 bits per heavy atom. The molecule has 1 unspecified atom stereocenters. The minimum atomic E-state index is 0.393. The fourth-order valence-electron chi connectivity index (χ4n) is 0.863. The molecule has 0 amide bonds. The lowest BCUT2D eigenvalue weighted by molar-refractivity contribution is 0.689. The standard InChI is InChI=1S/C7H12N2/c1-2-3-4-7-5-8-6-9-7/h5-7H,2-4H2,1H3. The van der Waals surface area contributed by atoms with Gasteiger partial charge in [-0.05, 0) is 6.42 Å². The van der Waals surface area contributed by atoms with Gasteiger partial charge in [-0.15, -0.1) is 0 Å². The van der Waals surface area contributed by atoms with Crippen molar-refractivity contribution in [3.8, 4) is 0 Å². The summed E-state index contributed by atoms with van der Waals surface area (Å²) in [6.45, 7) is 2.19. The number of hydrogen-bond acceptors (Lipinski definition) is 2. The summed E-state index contributed by atoms with van der Waals surface area (Å²) in [5.74, 6) is 0. The Balaban J connectivity index is 2.13. The molecule has 0 radical (unpaired) electrons. The van der Waals surface area contributed by atoms with Crippen LogP contribution in [0.1, 0.15) is 26.2 Å². The summed E-state index contributed by atoms with van der Waals surface area (Å²) < 4.78 is 0. The normalized spacial score (nSPS) is 23.4. The fourth-order valence-corrected chi connectivity index (χ4v) is 0.863. The van der Waals surface area contributed by atoms with E-state index in [9.17, 15) is 0 Å². The number of rotatable bonds is 3. The lowest BCUT2D eigenvalue weighted by Crippen LogP contribution is -2.00. The molecule has 0 aromatic carbocycles. The summed E-state index contributed by atoms with van der Waals surface area (Å²) in [4.78, 5) is 8.03. The van der Waals surface area contributed by atoms with Gasteiger partial charge in [-0.2, -0.15) is 0 Å². The van der Waals surface area contributed by atoms with Gasteiger partial charge in [-0.25, -0.2) is 4.99 Å². The van der Waals surface area contributed by atoms with Gasteiger partial charge in [0.2, 0.25) is 0 Å². The Morgan fingerprint density at radius 2 is 2.44 bits per heavy atom. The molecule has 0 saturated heterocycles. The van der Waals surface area contributed by atoms with E-state index in [1.54, 1.807) is 6.34 Å². The van der Waals surface area contributed by atoms with E-state index in [4.69, 9.17) is 0 Å². The molecule has 0 fully saturated rings. The summed E-state index contributed by atoms with van der Waals surface area (Å²) in [5, 5.41) is 0. The molecule has 0 aliphatic carbocycles. The predicted octanol–water partition coefficient (Wildman–Crippen LogP) is 1.66. The van der Waals surface area contributed by atoms with Crippen LogP contribution >= 0.6 is 0 Å². The zero-order chi connectivity index (χ0) is 6.53. The first-order valence-electron chi connectivity index (χ1n) is 3.48. The Kier molecular flexibility index (Phi) is 2.43. The van der Waals surface area contributed by atoms with Crippen LogP contribution in [-0.4, -0.2) is 18.6 Å². The Morgan fingerprint density at radius 3 is 3.00 bits per heavy atom. The highest BCUT2D eigenvalue weighted by Crippen LogP contribution is 2.04. The van der Waals surface area contributed by atoms with Crippen LogP contribution < -0.4 is 0 Å². The monoisotopic (exact) mass is 124 g/mol. The molecule has 0 aromatic heterocycles. The smallest absolute Gasteiger partial charge is 0.110 e. The first kappa shape index (κ1) is 6.46. The van der Waals surface area contributed by atoms with Gasteiger partial charge in [-0.3, -0.25) is 4.99 Å². The van der Waals surface area contributed by atoms with Gasteiger partial charge in [0.15, 0.2) is 0 Å². The lowest BCUT2D eigenvalue weighted by atomic mass is 10.1. The van der Waals surface area contributed by atoms with Gasteiger partial charge >= 0.3 is 0 Å². The quantitative estimate of drug-likeness (QED) is 0.546. The van der Waals surface area contributed by atoms with Crippen LogP contribution in [0.4, 0.5) is 0 Å². The van der Waals surface area contributed by atoms with Crippen molar-refractivity contribution >= 4 is 12.6 Å². The molecule has 50 valence electrons. The van der Waals surface area contributed by atoms with Gasteiger partial charge in [0.1, 0.15) is 6.34 Å². The summed E-state index contributed by atoms with van der Waals surface area (Å²) in [7, 11) is 0. The molecule has 0 bridgehead atoms. The van der Waals surface area contributed by atoms with Gasteiger partial charge in [0.05, 0.1) is 6.04 Å². The average Bonchev–Trinajstić information content (AvgIpc) is 2.34. The maximum absolute atomic E-state index is 4.13. The first-order chi connectivity index (χ1) is 4.43. The van der Waals surface area contributed by atoms with Crippen LogP contribution in [0.5, 0.6) is 0 Å². The van der Waals surface area contributed by atoms with Crippen molar-refractivity contribution in [1.82, 2.24) is 0 Å². The second kappa shape index (κ2) is 3.38. The predicted molar refractivity (Wildman–Crippen MR) is 40.3 cm³/mol. The van der Waals surface area contributed by atoms with Gasteiger partial charge in [0, 0.05) is 6.21 Å². The first-order valence-corrected chi connectivity index (χ1v) is 3.48. The topological polar surface area (TPSA) is 24.7 Å². The fraction of sp³-hybridized carbons (Fsp3) is 0.714. The van der Waals surface area contributed by atoms with Crippen molar-refractivity contribution in [2.75, 3.05) is 0 Å². The van der Waals surface area contributed by atoms with E-state index in [2.05, 4.69) is 16.9 Å². The molecule has 2 nitrogen and oxygen atoms in total. The lowest BCUT2D eigenvalue weighted by Gasteiger charge is -1.98. The van der Waals surface area contributed by atoms with Crippen molar-refractivity contribution < 1.29 is 0 Å². The van der Waals surface area contributed by atoms with Crippen molar-refractivity contribution in [1.29, 1.82) is 0 Å². The van der Waals surface area contributed by atoms with Crippen LogP contribution in [0, 0.1) is 0 Å². The molecule has 9 heavy (non-hydrogen) atoms. The third-order valence-electron chi connectivity index (χ3n) is 1.44. The number of unbranched alkanes of at least 4 members (excludes halogenated alkanes) is 1. The van der Waals surface area contributed by atoms with E-state index >= 15 is 0 Å². The highest BCUT2D eigenvalue weighted by atomic mass is 14.9. The number of aliphatic imine (C=N–C) groups is 2. The van der Waals surface area contributed by atoms with Crippen molar-refractivity contribution in [3.05, 3.63) is 0 Å². The minimum absolute atomic E-state index is 0.393. The highest BCUT2D eigenvalue weighted by Gasteiger charge is 2.03. The van der Waals surface area contributed by atoms with Gasteiger partial charge in [0.25, 0.3) is 0 Å². The molecule has 1 atom stereocenters. The van der Waals surface area contributed by atoms with Crippen molar-refractivity contribution in [2.24, 2.45) is 9.98 Å². The third-order valence-corrected chi connectivity index (χ3v) is 1.44. The zero-order valence-corrected chi connectivity index (χ0v) is 5.75. The van der Waals surface area contributed by atoms with Crippen molar-refractivity contribution in [2.45, 2.75) is 32.2 Å². The largest absolute Gasteiger partial charge is 0.264 e. The van der Waals surface area contributed by atoms with Crippen LogP contribution in [0.3, 0.4) is 0 Å². The van der Waals surface area contributed by atoms with Crippen LogP contribution in [0.2, 0.25) is 0 Å².